The molecule has 1 atom stereocenters. The van der Waals surface area contributed by atoms with Crippen molar-refractivity contribution in [2.45, 2.75) is 31.9 Å². The van der Waals surface area contributed by atoms with Crippen LogP contribution in [-0.4, -0.2) is 36.0 Å². The average Bonchev–Trinajstić information content (AvgIpc) is 3.18. The van der Waals surface area contributed by atoms with E-state index in [1.54, 1.807) is 28.6 Å². The van der Waals surface area contributed by atoms with Gasteiger partial charge in [-0.3, -0.25) is 0 Å². The quantitative estimate of drug-likeness (QED) is 0.559. The van der Waals surface area contributed by atoms with E-state index in [1.807, 2.05) is 31.2 Å². The number of benzene rings is 2. The van der Waals surface area contributed by atoms with Crippen molar-refractivity contribution in [1.82, 2.24) is 14.4 Å². The molecule has 0 aliphatic carbocycles. The van der Waals surface area contributed by atoms with Gasteiger partial charge in [-0.05, 0) is 48.9 Å². The zero-order valence-corrected chi connectivity index (χ0v) is 18.4. The minimum Gasteiger partial charge on any atom is -0.339 e. The van der Waals surface area contributed by atoms with E-state index < -0.39 is 10.0 Å². The highest BCUT2D eigenvalue weighted by atomic mass is 35.5. The van der Waals surface area contributed by atoms with Crippen molar-refractivity contribution < 1.29 is 12.9 Å². The van der Waals surface area contributed by atoms with E-state index in [0.29, 0.717) is 36.2 Å². The first-order valence-corrected chi connectivity index (χ1v) is 12.0. The Morgan fingerprint density at radius 2 is 1.93 bits per heavy atom. The minimum atomic E-state index is -3.39. The maximum atomic E-state index is 12.9. The number of hydrogen-bond donors (Lipinski definition) is 0. The molecule has 158 valence electrons. The SMILES string of the molecule is Cc1ccccc1-c1noc(CC2CCCN(S(=O)(=O)Cc3ccc(Cl)cc3)C2)n1. The lowest BCUT2D eigenvalue weighted by Gasteiger charge is -2.31. The Balaban J connectivity index is 1.42. The number of aromatic nitrogens is 2. The molecule has 4 rings (SSSR count). The van der Waals surface area contributed by atoms with Gasteiger partial charge in [0.05, 0.1) is 5.75 Å². The van der Waals surface area contributed by atoms with Crippen LogP contribution in [-0.2, 0) is 22.2 Å². The zero-order valence-electron chi connectivity index (χ0n) is 16.8. The Hall–Kier alpha value is -2.22. The molecule has 30 heavy (non-hydrogen) atoms. The van der Waals surface area contributed by atoms with E-state index in [2.05, 4.69) is 10.1 Å². The smallest absolute Gasteiger partial charge is 0.227 e. The highest BCUT2D eigenvalue weighted by molar-refractivity contribution is 7.88. The second-order valence-electron chi connectivity index (χ2n) is 7.78. The van der Waals surface area contributed by atoms with E-state index in [9.17, 15) is 8.42 Å². The Bertz CT molecular complexity index is 1110. The molecule has 2 aromatic carbocycles. The molecule has 0 bridgehead atoms. The van der Waals surface area contributed by atoms with E-state index in [0.717, 1.165) is 29.5 Å². The van der Waals surface area contributed by atoms with Crippen LogP contribution in [0.5, 0.6) is 0 Å². The van der Waals surface area contributed by atoms with Crippen molar-refractivity contribution >= 4 is 21.6 Å². The standard InChI is InChI=1S/C22H24ClN3O3S/c1-16-5-2-3-7-20(16)22-24-21(29-25-22)13-18-6-4-12-26(14-18)30(27,28)15-17-8-10-19(23)11-9-17/h2-3,5,7-11,18H,4,6,12-15H2,1H3. The van der Waals surface area contributed by atoms with E-state index >= 15 is 0 Å². The molecule has 1 aliphatic rings. The monoisotopic (exact) mass is 445 g/mol. The summed E-state index contributed by atoms with van der Waals surface area (Å²) in [7, 11) is -3.39. The number of aryl methyl sites for hydroxylation is 1. The predicted molar refractivity (Wildman–Crippen MR) is 117 cm³/mol. The van der Waals surface area contributed by atoms with Gasteiger partial charge in [0.2, 0.25) is 21.7 Å². The van der Waals surface area contributed by atoms with Crippen LogP contribution >= 0.6 is 11.6 Å². The summed E-state index contributed by atoms with van der Waals surface area (Å²) in [6.45, 7) is 3.03. The molecule has 1 aliphatic heterocycles. The molecule has 0 radical (unpaired) electrons. The molecule has 0 spiro atoms. The van der Waals surface area contributed by atoms with Gasteiger partial charge in [-0.2, -0.15) is 4.98 Å². The number of hydrogen-bond acceptors (Lipinski definition) is 5. The molecular formula is C22H24ClN3O3S. The van der Waals surface area contributed by atoms with Gasteiger partial charge in [0.25, 0.3) is 0 Å². The van der Waals surface area contributed by atoms with Crippen molar-refractivity contribution in [3.05, 3.63) is 70.6 Å². The fraction of sp³-hybridized carbons (Fsp3) is 0.364. The lowest BCUT2D eigenvalue weighted by atomic mass is 9.96. The van der Waals surface area contributed by atoms with Gasteiger partial charge in [0, 0.05) is 30.1 Å². The van der Waals surface area contributed by atoms with Crippen molar-refractivity contribution in [2.75, 3.05) is 13.1 Å². The van der Waals surface area contributed by atoms with Gasteiger partial charge in [-0.1, -0.05) is 53.2 Å². The second kappa shape index (κ2) is 8.88. The third-order valence-corrected chi connectivity index (χ3v) is 7.52. The Morgan fingerprint density at radius 3 is 2.70 bits per heavy atom. The third-order valence-electron chi connectivity index (χ3n) is 5.45. The van der Waals surface area contributed by atoms with Crippen LogP contribution in [0.2, 0.25) is 5.02 Å². The molecule has 1 aromatic heterocycles. The maximum absolute atomic E-state index is 12.9. The molecule has 1 unspecified atom stereocenters. The number of piperidine rings is 1. The molecule has 6 nitrogen and oxygen atoms in total. The van der Waals surface area contributed by atoms with Gasteiger partial charge in [0.1, 0.15) is 0 Å². The Labute approximate surface area is 181 Å². The van der Waals surface area contributed by atoms with Crippen LogP contribution in [0.4, 0.5) is 0 Å². The van der Waals surface area contributed by atoms with Crippen LogP contribution in [0.3, 0.4) is 0 Å². The third kappa shape index (κ3) is 4.91. The fourth-order valence-corrected chi connectivity index (χ4v) is 5.61. The zero-order chi connectivity index (χ0) is 21.1. The highest BCUT2D eigenvalue weighted by Gasteiger charge is 2.30. The van der Waals surface area contributed by atoms with Crippen LogP contribution in [0.15, 0.2) is 53.1 Å². The number of rotatable bonds is 6. The van der Waals surface area contributed by atoms with Crippen molar-refractivity contribution in [1.29, 1.82) is 0 Å². The first-order valence-electron chi connectivity index (χ1n) is 10.0. The van der Waals surface area contributed by atoms with E-state index in [4.69, 9.17) is 16.1 Å². The summed E-state index contributed by atoms with van der Waals surface area (Å²) in [6.07, 6.45) is 2.34. The molecule has 0 amide bonds. The summed E-state index contributed by atoms with van der Waals surface area (Å²) < 4.78 is 32.9. The second-order valence-corrected chi connectivity index (χ2v) is 10.2. The first kappa shape index (κ1) is 21.0. The lowest BCUT2D eigenvalue weighted by Crippen LogP contribution is -2.41. The molecular weight excluding hydrogens is 422 g/mol. The highest BCUT2D eigenvalue weighted by Crippen LogP contribution is 2.26. The van der Waals surface area contributed by atoms with Gasteiger partial charge in [-0.15, -0.1) is 0 Å². The summed E-state index contributed by atoms with van der Waals surface area (Å²) in [5.41, 5.74) is 2.77. The van der Waals surface area contributed by atoms with Crippen molar-refractivity contribution in [2.24, 2.45) is 5.92 Å². The normalized spacial score (nSPS) is 17.9. The van der Waals surface area contributed by atoms with Gasteiger partial charge < -0.3 is 4.52 Å². The number of halogens is 1. The number of sulfonamides is 1. The first-order chi connectivity index (χ1) is 14.4. The van der Waals surface area contributed by atoms with E-state index in [1.165, 1.54) is 0 Å². The van der Waals surface area contributed by atoms with Crippen LogP contribution < -0.4 is 0 Å². The van der Waals surface area contributed by atoms with Crippen molar-refractivity contribution in [3.8, 4) is 11.4 Å². The van der Waals surface area contributed by atoms with Gasteiger partial charge >= 0.3 is 0 Å². The lowest BCUT2D eigenvalue weighted by molar-refractivity contribution is 0.247. The largest absolute Gasteiger partial charge is 0.339 e. The van der Waals surface area contributed by atoms with Gasteiger partial charge in [-0.25, -0.2) is 12.7 Å². The summed E-state index contributed by atoms with van der Waals surface area (Å²) >= 11 is 5.90. The minimum absolute atomic E-state index is 0.0190. The molecule has 8 heteroatoms. The number of nitrogens with zero attached hydrogens (tertiary/aromatic N) is 3. The van der Waals surface area contributed by atoms with Crippen LogP contribution in [0.1, 0.15) is 29.9 Å². The topological polar surface area (TPSA) is 76.3 Å². The summed E-state index contributed by atoms with van der Waals surface area (Å²) in [6, 6.07) is 14.8. The molecule has 3 aromatic rings. The average molecular weight is 446 g/mol. The Kier molecular flexibility index (Phi) is 6.22. The van der Waals surface area contributed by atoms with Crippen molar-refractivity contribution in [3.63, 3.8) is 0 Å². The molecule has 1 fully saturated rings. The summed E-state index contributed by atoms with van der Waals surface area (Å²) in [4.78, 5) is 4.54. The fourth-order valence-electron chi connectivity index (χ4n) is 3.85. The van der Waals surface area contributed by atoms with Crippen LogP contribution in [0, 0.1) is 12.8 Å². The molecule has 1 saturated heterocycles. The Morgan fingerprint density at radius 1 is 1.17 bits per heavy atom. The maximum Gasteiger partial charge on any atom is 0.227 e. The van der Waals surface area contributed by atoms with Gasteiger partial charge in [0.15, 0.2) is 0 Å². The molecule has 0 saturated carbocycles. The summed E-state index contributed by atoms with van der Waals surface area (Å²) in [5, 5.41) is 4.71. The predicted octanol–water partition coefficient (Wildman–Crippen LogP) is 4.48. The van der Waals surface area contributed by atoms with E-state index in [-0.39, 0.29) is 11.7 Å². The molecule has 2 heterocycles. The molecule has 0 N–H and O–H groups in total. The van der Waals surface area contributed by atoms with Crippen LogP contribution in [0.25, 0.3) is 11.4 Å². The summed E-state index contributed by atoms with van der Waals surface area (Å²) in [5.74, 6) is 1.26.